The van der Waals surface area contributed by atoms with Crippen LogP contribution in [0.3, 0.4) is 0 Å². The number of ether oxygens (including phenoxy) is 1. The third kappa shape index (κ3) is 17.9. The third-order valence-corrected chi connectivity index (χ3v) is 13.5. The quantitative estimate of drug-likeness (QED) is 0.131. The van der Waals surface area contributed by atoms with Crippen LogP contribution in [0.4, 0.5) is 17.6 Å². The summed E-state index contributed by atoms with van der Waals surface area (Å²) in [7, 11) is 1.68. The molecule has 0 aliphatic carbocycles. The molecule has 0 unspecified atom stereocenters. The van der Waals surface area contributed by atoms with E-state index in [9.17, 15) is 17.6 Å². The molecule has 394 valence electrons. The van der Waals surface area contributed by atoms with Gasteiger partial charge in [0.1, 0.15) is 26.6 Å². The first kappa shape index (κ1) is 63.6. The Labute approximate surface area is 448 Å². The minimum atomic E-state index is -0.963. The topological polar surface area (TPSA) is 60.8 Å². The fourth-order valence-corrected chi connectivity index (χ4v) is 8.21. The Kier molecular flexibility index (Phi) is 22.7. The zero-order chi connectivity index (χ0) is 55.8. The first-order chi connectivity index (χ1) is 32.7. The highest BCUT2D eigenvalue weighted by molar-refractivity contribution is 9.10. The molecular weight excluding hydrogens is 1040 g/mol. The van der Waals surface area contributed by atoms with Gasteiger partial charge in [0.25, 0.3) is 0 Å². The molecule has 0 bridgehead atoms. The lowest BCUT2D eigenvalue weighted by Gasteiger charge is -2.22. The van der Waals surface area contributed by atoms with Crippen LogP contribution in [-0.4, -0.2) is 27.0 Å². The van der Waals surface area contributed by atoms with E-state index in [1.54, 1.807) is 45.2 Å². The van der Waals surface area contributed by atoms with Gasteiger partial charge in [-0.2, -0.15) is 0 Å². The molecule has 0 aliphatic heterocycles. The molecule has 0 atom stereocenters. The van der Waals surface area contributed by atoms with Crippen molar-refractivity contribution < 1.29 is 22.3 Å². The second-order valence-electron chi connectivity index (χ2n) is 23.1. The lowest BCUT2D eigenvalue weighted by molar-refractivity contribution is 0.407. The molecule has 11 heteroatoms. The number of aryl methyl sites for hydroxylation is 6. The second-order valence-corrected chi connectivity index (χ2v) is 24.6. The molecule has 0 aliphatic rings. The number of halogens is 6. The molecule has 4 aromatic heterocycles. The average Bonchev–Trinajstić information content (AvgIpc) is 3.24. The largest absolute Gasteiger partial charge is 0.496 e. The molecule has 72 heavy (non-hydrogen) atoms. The molecule has 0 spiro atoms. The zero-order valence-corrected chi connectivity index (χ0v) is 50.9. The fraction of sp³-hybridized carbons (Fsp3) is 0.475. The highest BCUT2D eigenvalue weighted by atomic mass is 79.9. The van der Waals surface area contributed by atoms with E-state index in [-0.39, 0.29) is 39.2 Å². The van der Waals surface area contributed by atoms with Crippen LogP contribution in [-0.2, 0) is 21.7 Å². The summed E-state index contributed by atoms with van der Waals surface area (Å²) in [6, 6.07) is 15.2. The van der Waals surface area contributed by atoms with Gasteiger partial charge in [0.05, 0.1) is 18.5 Å². The summed E-state index contributed by atoms with van der Waals surface area (Å²) in [4.78, 5) is 17.8. The SMILES string of the molecule is COc1cc(C(C)(C)C)nc(Br)c1C.Cc1cc(C(C)(C)C)nc(Br)c1C.Cc1cc(C)c(C)c(C(C)(C)C)n1.Cc1cc(C)c(F)c(C(C)(C)C)n1.Cc1cc(F)c(F)cc1-c1cccc(C(C)C)c1F. The van der Waals surface area contributed by atoms with Crippen molar-refractivity contribution in [2.45, 2.75) is 187 Å². The molecule has 4 heterocycles. The maximum absolute atomic E-state index is 14.4. The number of hydrogen-bond acceptors (Lipinski definition) is 5. The molecule has 6 aromatic rings. The third-order valence-electron chi connectivity index (χ3n) is 12.0. The van der Waals surface area contributed by atoms with Crippen molar-refractivity contribution in [1.82, 2.24) is 19.9 Å². The van der Waals surface area contributed by atoms with Gasteiger partial charge < -0.3 is 4.74 Å². The summed E-state index contributed by atoms with van der Waals surface area (Å²) < 4.78 is 61.6. The van der Waals surface area contributed by atoms with E-state index in [4.69, 9.17) is 4.74 Å². The number of nitrogens with zero attached hydrogens (tertiary/aromatic N) is 4. The van der Waals surface area contributed by atoms with E-state index in [2.05, 4.69) is 161 Å². The molecular formula is C61H82Br2F4N4O. The van der Waals surface area contributed by atoms with E-state index >= 15 is 0 Å². The molecule has 0 N–H and O–H groups in total. The van der Waals surface area contributed by atoms with Crippen LogP contribution in [0.15, 0.2) is 63.8 Å². The summed E-state index contributed by atoms with van der Waals surface area (Å²) in [6.07, 6.45) is 0. The summed E-state index contributed by atoms with van der Waals surface area (Å²) in [5.74, 6) is -1.50. The summed E-state index contributed by atoms with van der Waals surface area (Å²) >= 11 is 6.92. The van der Waals surface area contributed by atoms with Crippen LogP contribution in [0.1, 0.15) is 182 Å². The Morgan fingerprint density at radius 1 is 0.458 bits per heavy atom. The number of pyridine rings is 4. The van der Waals surface area contributed by atoms with Crippen molar-refractivity contribution in [3.05, 3.63) is 166 Å². The molecule has 0 amide bonds. The normalized spacial score (nSPS) is 11.6. The van der Waals surface area contributed by atoms with E-state index in [0.717, 1.165) is 55.4 Å². The lowest BCUT2D eigenvalue weighted by Crippen LogP contribution is -2.17. The molecule has 0 radical (unpaired) electrons. The highest BCUT2D eigenvalue weighted by Gasteiger charge is 2.23. The smallest absolute Gasteiger partial charge is 0.159 e. The van der Waals surface area contributed by atoms with Crippen molar-refractivity contribution >= 4 is 31.9 Å². The van der Waals surface area contributed by atoms with Gasteiger partial charge in [-0.25, -0.2) is 27.5 Å². The number of rotatable bonds is 3. The molecule has 0 saturated carbocycles. The van der Waals surface area contributed by atoms with Crippen molar-refractivity contribution in [3.63, 3.8) is 0 Å². The van der Waals surface area contributed by atoms with Gasteiger partial charge in [-0.05, 0) is 175 Å². The van der Waals surface area contributed by atoms with Crippen LogP contribution >= 0.6 is 31.9 Å². The van der Waals surface area contributed by atoms with Crippen molar-refractivity contribution in [3.8, 4) is 16.9 Å². The monoisotopic (exact) mass is 1120 g/mol. The number of hydrogen-bond donors (Lipinski definition) is 0. The van der Waals surface area contributed by atoms with E-state index in [1.807, 2.05) is 54.5 Å². The molecule has 5 nitrogen and oxygen atoms in total. The number of methoxy groups -OCH3 is 1. The summed E-state index contributed by atoms with van der Waals surface area (Å²) in [6.45, 7) is 47.1. The average molecular weight is 1120 g/mol. The van der Waals surface area contributed by atoms with Crippen LogP contribution in [0.5, 0.6) is 5.75 Å². The predicted molar refractivity (Wildman–Crippen MR) is 302 cm³/mol. The van der Waals surface area contributed by atoms with Crippen molar-refractivity contribution in [2.24, 2.45) is 0 Å². The number of aromatic nitrogens is 4. The minimum Gasteiger partial charge on any atom is -0.496 e. The second kappa shape index (κ2) is 25.6. The van der Waals surface area contributed by atoms with Crippen LogP contribution in [0.2, 0.25) is 0 Å². The van der Waals surface area contributed by atoms with E-state index < -0.39 is 11.6 Å². The van der Waals surface area contributed by atoms with Gasteiger partial charge in [-0.3, -0.25) is 9.97 Å². The maximum atomic E-state index is 14.4. The summed E-state index contributed by atoms with van der Waals surface area (Å²) in [5.41, 5.74) is 14.8. The highest BCUT2D eigenvalue weighted by Crippen LogP contribution is 2.34. The predicted octanol–water partition coefficient (Wildman–Crippen LogP) is 18.9. The number of benzene rings is 2. The Morgan fingerprint density at radius 3 is 1.36 bits per heavy atom. The van der Waals surface area contributed by atoms with Gasteiger partial charge >= 0.3 is 0 Å². The maximum Gasteiger partial charge on any atom is 0.159 e. The standard InChI is InChI=1S/C16H15F3.C12H19N.C11H16BrNO.C11H16BrN.C11H16FN/c1-9(2)11-5-4-6-12(16(11)19)13-8-15(18)14(17)7-10(13)3;1-8-7-9(2)13-11(10(8)3)12(4,5)6;1-7-8(14-5)6-9(11(2,3)4)13-10(7)12;1-7-6-9(11(3,4)5)13-10(12)8(7)2;1-7-6-8(2)13-10(9(7)12)11(3,4)5/h4-9H,1-3H3;7H,1-6H3;6H,1-5H3;2*6H,1-5H3. The first-order valence-electron chi connectivity index (χ1n) is 24.4. The molecule has 2 aromatic carbocycles. The van der Waals surface area contributed by atoms with Gasteiger partial charge in [-0.15, -0.1) is 0 Å². The Hall–Kier alpha value is -4.48. The van der Waals surface area contributed by atoms with Crippen LogP contribution in [0, 0.1) is 85.6 Å². The molecule has 0 fully saturated rings. The van der Waals surface area contributed by atoms with Gasteiger partial charge in [0.15, 0.2) is 11.6 Å². The minimum absolute atomic E-state index is 0.0329. The zero-order valence-electron chi connectivity index (χ0n) is 47.7. The Morgan fingerprint density at radius 2 is 0.903 bits per heavy atom. The first-order valence-corrected chi connectivity index (χ1v) is 26.0. The van der Waals surface area contributed by atoms with Gasteiger partial charge in [0.2, 0.25) is 0 Å². The molecule has 0 saturated heterocycles. The lowest BCUT2D eigenvalue weighted by atomic mass is 9.87. The molecule has 6 rings (SSSR count). The van der Waals surface area contributed by atoms with Crippen molar-refractivity contribution in [2.75, 3.05) is 7.11 Å². The van der Waals surface area contributed by atoms with Crippen molar-refractivity contribution in [1.29, 1.82) is 0 Å². The summed E-state index contributed by atoms with van der Waals surface area (Å²) in [5, 5.41) is 0. The fourth-order valence-electron chi connectivity index (χ4n) is 7.32. The van der Waals surface area contributed by atoms with E-state index in [1.165, 1.54) is 27.9 Å². The van der Waals surface area contributed by atoms with Crippen LogP contribution in [0.25, 0.3) is 11.1 Å². The van der Waals surface area contributed by atoms with E-state index in [0.29, 0.717) is 33.5 Å². The van der Waals surface area contributed by atoms with Gasteiger partial charge in [-0.1, -0.05) is 115 Å². The Balaban J connectivity index is 0.000000311. The Bertz CT molecular complexity index is 2720. The van der Waals surface area contributed by atoms with Crippen LogP contribution < -0.4 is 4.74 Å². The van der Waals surface area contributed by atoms with Gasteiger partial charge in [0, 0.05) is 61.6 Å².